The topological polar surface area (TPSA) is 95.2 Å². The minimum absolute atomic E-state index is 0.00236. The molecular weight excluding hydrogens is 238 g/mol. The molecule has 0 radical (unpaired) electrons. The predicted molar refractivity (Wildman–Crippen MR) is 61.2 cm³/mol. The summed E-state index contributed by atoms with van der Waals surface area (Å²) in [4.78, 5) is 11.9. The average Bonchev–Trinajstić information content (AvgIpc) is 2.81. The van der Waals surface area contributed by atoms with Crippen molar-refractivity contribution in [2.45, 2.75) is 13.8 Å². The van der Waals surface area contributed by atoms with E-state index in [9.17, 15) is 15.1 Å². The summed E-state index contributed by atoms with van der Waals surface area (Å²) in [6.07, 6.45) is 0. The summed E-state index contributed by atoms with van der Waals surface area (Å²) in [5.74, 6) is -0.270. The Morgan fingerprint density at radius 1 is 1.56 bits per heavy atom. The maximum Gasteiger partial charge on any atom is 0.273 e. The quantitative estimate of drug-likeness (QED) is 0.600. The molecule has 2 heterocycles. The summed E-state index contributed by atoms with van der Waals surface area (Å²) < 4.78 is 5.83. The monoisotopic (exact) mass is 247 g/mol. The molecule has 92 valence electrons. The largest absolute Gasteiger partial charge is 0.505 e. The number of hydrogen-bond acceptors (Lipinski definition) is 5. The standard InChI is InChI=1S/C11H9N3O4/c1-5-11(16)7-3-4-8-9(12-18-14(8)17)10(7)13(5)6(2)15/h3-4,16H,1-2H3. The van der Waals surface area contributed by atoms with E-state index in [1.165, 1.54) is 17.6 Å². The number of benzene rings is 1. The Hall–Kier alpha value is -2.57. The molecule has 7 nitrogen and oxygen atoms in total. The maximum atomic E-state index is 11.7. The first-order valence-corrected chi connectivity index (χ1v) is 5.25. The normalized spacial score (nSPS) is 11.4. The number of fused-ring (bicyclic) bond motifs is 3. The van der Waals surface area contributed by atoms with Gasteiger partial charge in [-0.2, -0.15) is 0 Å². The zero-order valence-corrected chi connectivity index (χ0v) is 9.67. The van der Waals surface area contributed by atoms with E-state index in [-0.39, 0.29) is 27.6 Å². The highest BCUT2D eigenvalue weighted by molar-refractivity contribution is 6.08. The molecule has 0 aliphatic rings. The molecule has 7 heteroatoms. The van der Waals surface area contributed by atoms with Crippen molar-refractivity contribution in [3.63, 3.8) is 0 Å². The molecule has 1 aromatic carbocycles. The van der Waals surface area contributed by atoms with Gasteiger partial charge in [-0.3, -0.25) is 14.0 Å². The van der Waals surface area contributed by atoms with Gasteiger partial charge in [0.25, 0.3) is 5.52 Å². The Morgan fingerprint density at radius 3 is 2.94 bits per heavy atom. The molecule has 0 bridgehead atoms. The number of nitrogens with zero attached hydrogens (tertiary/aromatic N) is 3. The third-order valence-electron chi connectivity index (χ3n) is 3.00. The van der Waals surface area contributed by atoms with Crippen molar-refractivity contribution in [2.24, 2.45) is 0 Å². The maximum absolute atomic E-state index is 11.7. The molecule has 0 saturated heterocycles. The van der Waals surface area contributed by atoms with Crippen molar-refractivity contribution in [1.82, 2.24) is 9.72 Å². The Morgan fingerprint density at radius 2 is 2.28 bits per heavy atom. The van der Waals surface area contributed by atoms with Gasteiger partial charge in [0.05, 0.1) is 5.69 Å². The molecule has 0 atom stereocenters. The zero-order valence-electron chi connectivity index (χ0n) is 9.67. The van der Waals surface area contributed by atoms with Gasteiger partial charge in [0.15, 0.2) is 0 Å². The van der Waals surface area contributed by atoms with Crippen LogP contribution in [0.3, 0.4) is 0 Å². The number of hydrogen-bond donors (Lipinski definition) is 1. The molecule has 0 aliphatic carbocycles. The van der Waals surface area contributed by atoms with Crippen LogP contribution < -0.4 is 4.90 Å². The van der Waals surface area contributed by atoms with Crippen LogP contribution in [0.2, 0.25) is 0 Å². The fourth-order valence-corrected chi connectivity index (χ4v) is 2.21. The van der Waals surface area contributed by atoms with Gasteiger partial charge in [0, 0.05) is 17.5 Å². The molecule has 2 aromatic heterocycles. The van der Waals surface area contributed by atoms with Gasteiger partial charge in [-0.1, -0.05) is 0 Å². The van der Waals surface area contributed by atoms with Gasteiger partial charge < -0.3 is 10.3 Å². The highest BCUT2D eigenvalue weighted by Crippen LogP contribution is 2.34. The molecular formula is C11H9N3O4. The highest BCUT2D eigenvalue weighted by Gasteiger charge is 2.23. The van der Waals surface area contributed by atoms with Gasteiger partial charge in [-0.05, 0) is 24.0 Å². The SMILES string of the molecule is CC(=O)n1c(C)c(O)c2ccc3c(no[n+]3[O-])c21. The summed E-state index contributed by atoms with van der Waals surface area (Å²) in [5.41, 5.74) is 1.25. The molecule has 18 heavy (non-hydrogen) atoms. The smallest absolute Gasteiger partial charge is 0.273 e. The third kappa shape index (κ3) is 1.10. The Labute approximate surface area is 100 Å². The molecule has 0 aliphatic heterocycles. The second-order valence-corrected chi connectivity index (χ2v) is 4.05. The van der Waals surface area contributed by atoms with E-state index in [0.717, 1.165) is 0 Å². The minimum atomic E-state index is -0.272. The van der Waals surface area contributed by atoms with Crippen molar-refractivity contribution < 1.29 is 19.4 Å². The molecule has 0 saturated carbocycles. The number of carbonyl (C=O) groups is 1. The van der Waals surface area contributed by atoms with Crippen LogP contribution >= 0.6 is 0 Å². The lowest BCUT2D eigenvalue weighted by atomic mass is 10.2. The second kappa shape index (κ2) is 3.22. The number of carbonyl (C=O) groups excluding carboxylic acids is 1. The summed E-state index contributed by atoms with van der Waals surface area (Å²) in [6, 6.07) is 3.05. The molecule has 0 spiro atoms. The summed E-state index contributed by atoms with van der Waals surface area (Å²) in [6.45, 7) is 2.99. The van der Waals surface area contributed by atoms with E-state index in [1.54, 1.807) is 13.0 Å². The van der Waals surface area contributed by atoms with Crippen LogP contribution in [0.4, 0.5) is 0 Å². The van der Waals surface area contributed by atoms with Crippen LogP contribution in [0, 0.1) is 12.1 Å². The first-order valence-electron chi connectivity index (χ1n) is 5.25. The summed E-state index contributed by atoms with van der Waals surface area (Å²) in [7, 11) is 0. The first-order chi connectivity index (χ1) is 8.52. The predicted octanol–water partition coefficient (Wildman–Crippen LogP) is 1.09. The first kappa shape index (κ1) is 10.6. The van der Waals surface area contributed by atoms with Crippen LogP contribution in [0.15, 0.2) is 16.8 Å². The number of aromatic hydroxyl groups is 1. The molecule has 0 amide bonds. The fourth-order valence-electron chi connectivity index (χ4n) is 2.21. The van der Waals surface area contributed by atoms with E-state index < -0.39 is 0 Å². The highest BCUT2D eigenvalue weighted by atomic mass is 16.8. The van der Waals surface area contributed by atoms with Crippen molar-refractivity contribution in [3.05, 3.63) is 23.0 Å². The van der Waals surface area contributed by atoms with Gasteiger partial charge in [0.2, 0.25) is 11.4 Å². The number of aromatic nitrogens is 3. The lowest BCUT2D eigenvalue weighted by molar-refractivity contribution is -0.782. The summed E-state index contributed by atoms with van der Waals surface area (Å²) >= 11 is 0. The Kier molecular flexibility index (Phi) is 1.89. The molecule has 3 aromatic rings. The van der Waals surface area contributed by atoms with E-state index in [2.05, 4.69) is 9.79 Å². The van der Waals surface area contributed by atoms with Crippen LogP contribution in [-0.4, -0.2) is 20.7 Å². The van der Waals surface area contributed by atoms with Gasteiger partial charge in [-0.25, -0.2) is 0 Å². The zero-order chi connectivity index (χ0) is 13.0. The van der Waals surface area contributed by atoms with Crippen molar-refractivity contribution in [1.29, 1.82) is 0 Å². The Balaban J connectivity index is 2.64. The lowest BCUT2D eigenvalue weighted by Gasteiger charge is -2.00. The van der Waals surface area contributed by atoms with Crippen LogP contribution in [0.1, 0.15) is 17.4 Å². The fraction of sp³-hybridized carbons (Fsp3) is 0.182. The molecule has 3 rings (SSSR count). The average molecular weight is 247 g/mol. The van der Waals surface area contributed by atoms with Crippen LogP contribution in [0.5, 0.6) is 5.75 Å². The molecule has 0 unspecified atom stereocenters. The summed E-state index contributed by atoms with van der Waals surface area (Å²) in [5, 5.41) is 25.4. The van der Waals surface area contributed by atoms with Crippen molar-refractivity contribution in [2.75, 3.05) is 0 Å². The van der Waals surface area contributed by atoms with Gasteiger partial charge in [0.1, 0.15) is 11.3 Å². The van der Waals surface area contributed by atoms with Gasteiger partial charge in [-0.15, -0.1) is 0 Å². The number of rotatable bonds is 0. The Bertz CT molecular complexity index is 800. The van der Waals surface area contributed by atoms with E-state index in [1.807, 2.05) is 0 Å². The minimum Gasteiger partial charge on any atom is -0.505 e. The van der Waals surface area contributed by atoms with Crippen LogP contribution in [0.25, 0.3) is 21.9 Å². The second-order valence-electron chi connectivity index (χ2n) is 4.05. The lowest BCUT2D eigenvalue weighted by Crippen LogP contribution is -2.22. The van der Waals surface area contributed by atoms with Crippen molar-refractivity contribution >= 4 is 27.8 Å². The van der Waals surface area contributed by atoms with Crippen LogP contribution in [-0.2, 0) is 0 Å². The van der Waals surface area contributed by atoms with E-state index in [4.69, 9.17) is 0 Å². The van der Waals surface area contributed by atoms with Gasteiger partial charge >= 0.3 is 0 Å². The van der Waals surface area contributed by atoms with E-state index in [0.29, 0.717) is 16.6 Å². The van der Waals surface area contributed by atoms with Crippen molar-refractivity contribution in [3.8, 4) is 5.75 Å². The molecule has 0 fully saturated rings. The van der Waals surface area contributed by atoms with E-state index >= 15 is 0 Å². The third-order valence-corrected chi connectivity index (χ3v) is 3.00. The molecule has 1 N–H and O–H groups in total.